The highest BCUT2D eigenvalue weighted by atomic mass is 79.9. The van der Waals surface area contributed by atoms with Crippen molar-refractivity contribution in [3.8, 4) is 17.2 Å². The Morgan fingerprint density at radius 1 is 1.00 bits per heavy atom. The maximum atomic E-state index is 12.8. The molecule has 0 aromatic heterocycles. The summed E-state index contributed by atoms with van der Waals surface area (Å²) in [5, 5.41) is 0. The lowest BCUT2D eigenvalue weighted by atomic mass is 10.1. The van der Waals surface area contributed by atoms with E-state index in [0.717, 1.165) is 5.69 Å². The fourth-order valence-corrected chi connectivity index (χ4v) is 3.05. The van der Waals surface area contributed by atoms with Gasteiger partial charge in [-0.05, 0) is 46.3 Å². The van der Waals surface area contributed by atoms with Gasteiger partial charge in [0.05, 0.1) is 37.2 Å². The number of hydrogen-bond acceptors (Lipinski definition) is 6. The average molecular weight is 435 g/mol. The number of hydrogen-bond donors (Lipinski definition) is 1. The number of rotatable bonds is 7. The Morgan fingerprint density at radius 2 is 1.59 bits per heavy atom. The number of halogens is 1. The molecule has 0 aliphatic heterocycles. The van der Waals surface area contributed by atoms with Crippen LogP contribution in [0.15, 0.2) is 34.8 Å². The molecule has 0 fully saturated rings. The molecule has 6 nitrogen and oxygen atoms in total. The van der Waals surface area contributed by atoms with E-state index in [4.69, 9.17) is 19.9 Å². The number of anilines is 2. The van der Waals surface area contributed by atoms with E-state index in [9.17, 15) is 4.79 Å². The lowest BCUT2D eigenvalue weighted by Gasteiger charge is -2.16. The van der Waals surface area contributed by atoms with Gasteiger partial charge in [0, 0.05) is 31.3 Å². The number of ketones is 1. The van der Waals surface area contributed by atoms with Crippen molar-refractivity contribution in [2.75, 3.05) is 46.1 Å². The zero-order chi connectivity index (χ0) is 20.1. The third-order valence-electron chi connectivity index (χ3n) is 4.01. The summed E-state index contributed by atoms with van der Waals surface area (Å²) in [6.07, 6.45) is 1.69. The van der Waals surface area contributed by atoms with E-state index in [1.54, 1.807) is 57.7 Å². The Morgan fingerprint density at radius 3 is 2.15 bits per heavy atom. The van der Waals surface area contributed by atoms with E-state index in [1.807, 2.05) is 19.0 Å². The molecule has 2 N–H and O–H groups in total. The highest BCUT2D eigenvalue weighted by Gasteiger charge is 2.16. The lowest BCUT2D eigenvalue weighted by Crippen LogP contribution is -2.12. The molecular weight excluding hydrogens is 412 g/mol. The van der Waals surface area contributed by atoms with E-state index < -0.39 is 0 Å². The van der Waals surface area contributed by atoms with Crippen LogP contribution in [0.25, 0.3) is 6.08 Å². The van der Waals surface area contributed by atoms with Gasteiger partial charge in [0.15, 0.2) is 17.3 Å². The molecule has 0 spiro atoms. The van der Waals surface area contributed by atoms with E-state index >= 15 is 0 Å². The van der Waals surface area contributed by atoms with Gasteiger partial charge in [-0.2, -0.15) is 0 Å². The fourth-order valence-electron chi connectivity index (χ4n) is 2.58. The SMILES string of the molecule is COc1cc(OC)c(OC)cc1/C=C(/Br)C(=O)c1ccc(N)c(N(C)C)c1. The molecule has 0 unspecified atom stereocenters. The van der Waals surface area contributed by atoms with Crippen molar-refractivity contribution >= 4 is 39.2 Å². The van der Waals surface area contributed by atoms with Crippen LogP contribution in [0.1, 0.15) is 15.9 Å². The molecule has 0 radical (unpaired) electrons. The first-order valence-electron chi connectivity index (χ1n) is 8.11. The quantitative estimate of drug-likeness (QED) is 0.403. The monoisotopic (exact) mass is 434 g/mol. The summed E-state index contributed by atoms with van der Waals surface area (Å²) < 4.78 is 16.4. The van der Waals surface area contributed by atoms with Gasteiger partial charge in [0.2, 0.25) is 0 Å². The maximum absolute atomic E-state index is 12.8. The number of nitrogen functional groups attached to an aromatic ring is 1. The molecule has 144 valence electrons. The molecule has 0 heterocycles. The molecule has 27 heavy (non-hydrogen) atoms. The average Bonchev–Trinajstić information content (AvgIpc) is 2.66. The maximum Gasteiger partial charge on any atom is 0.200 e. The first kappa shape index (κ1) is 20.6. The predicted octanol–water partition coefficient (Wildman–Crippen LogP) is 3.98. The molecular formula is C20H23BrN2O4. The Kier molecular flexibility index (Phi) is 6.74. The molecule has 0 bridgehead atoms. The number of allylic oxidation sites excluding steroid dienone is 1. The summed E-state index contributed by atoms with van der Waals surface area (Å²) in [4.78, 5) is 14.7. The van der Waals surface area contributed by atoms with Gasteiger partial charge in [0.25, 0.3) is 0 Å². The van der Waals surface area contributed by atoms with Gasteiger partial charge in [-0.15, -0.1) is 0 Å². The molecule has 0 aliphatic rings. The Hall–Kier alpha value is -2.67. The minimum absolute atomic E-state index is 0.171. The number of benzene rings is 2. The van der Waals surface area contributed by atoms with Crippen LogP contribution in [0.3, 0.4) is 0 Å². The zero-order valence-corrected chi connectivity index (χ0v) is 17.6. The standard InChI is InChI=1S/C20H23BrN2O4/c1-23(2)16-9-12(6-7-15(16)22)20(24)14(21)8-13-10-18(26-4)19(27-5)11-17(13)25-3/h6-11H,22H2,1-5H3/b14-8+. The van der Waals surface area contributed by atoms with Gasteiger partial charge in [-0.1, -0.05) is 0 Å². The van der Waals surface area contributed by atoms with E-state index in [-0.39, 0.29) is 5.78 Å². The number of methoxy groups -OCH3 is 3. The van der Waals surface area contributed by atoms with Crippen LogP contribution in [0.5, 0.6) is 17.2 Å². The van der Waals surface area contributed by atoms with Crippen LogP contribution in [-0.4, -0.2) is 41.2 Å². The second kappa shape index (κ2) is 8.81. The molecule has 0 saturated carbocycles. The highest BCUT2D eigenvalue weighted by Crippen LogP contribution is 2.36. The van der Waals surface area contributed by atoms with Gasteiger partial charge < -0.3 is 24.8 Å². The summed E-state index contributed by atoms with van der Waals surface area (Å²) in [5.41, 5.74) is 8.56. The predicted molar refractivity (Wildman–Crippen MR) is 113 cm³/mol. The number of carbonyl (C=O) groups is 1. The summed E-state index contributed by atoms with van der Waals surface area (Å²) in [6, 6.07) is 8.65. The van der Waals surface area contributed by atoms with Gasteiger partial charge in [0.1, 0.15) is 5.75 Å². The van der Waals surface area contributed by atoms with Crippen LogP contribution < -0.4 is 24.8 Å². The van der Waals surface area contributed by atoms with Gasteiger partial charge in [-0.3, -0.25) is 4.79 Å². The molecule has 2 aromatic rings. The minimum Gasteiger partial charge on any atom is -0.496 e. The second-order valence-electron chi connectivity index (χ2n) is 5.94. The fraction of sp³-hybridized carbons (Fsp3) is 0.250. The van der Waals surface area contributed by atoms with Crippen molar-refractivity contribution in [2.24, 2.45) is 0 Å². The molecule has 0 amide bonds. The Bertz CT molecular complexity index is 879. The summed E-state index contributed by atoms with van der Waals surface area (Å²) in [6.45, 7) is 0. The van der Waals surface area contributed by atoms with Crippen molar-refractivity contribution < 1.29 is 19.0 Å². The van der Waals surface area contributed by atoms with Crippen LogP contribution in [-0.2, 0) is 0 Å². The third-order valence-corrected chi connectivity index (χ3v) is 4.60. The molecule has 0 atom stereocenters. The summed E-state index contributed by atoms with van der Waals surface area (Å²) in [7, 11) is 8.40. The second-order valence-corrected chi connectivity index (χ2v) is 6.79. The normalized spacial score (nSPS) is 11.1. The number of Topliss-reactive ketones (excluding diaryl/α,β-unsaturated/α-hetero) is 1. The van der Waals surface area contributed by atoms with Crippen molar-refractivity contribution in [3.05, 3.63) is 45.9 Å². The minimum atomic E-state index is -0.171. The number of ether oxygens (including phenoxy) is 3. The highest BCUT2D eigenvalue weighted by molar-refractivity contribution is 9.12. The number of nitrogens with zero attached hydrogens (tertiary/aromatic N) is 1. The van der Waals surface area contributed by atoms with Crippen molar-refractivity contribution in [1.29, 1.82) is 0 Å². The Balaban J connectivity index is 2.45. The number of carbonyl (C=O) groups excluding carboxylic acids is 1. The van der Waals surface area contributed by atoms with Crippen molar-refractivity contribution in [3.63, 3.8) is 0 Å². The van der Waals surface area contributed by atoms with Crippen molar-refractivity contribution in [1.82, 2.24) is 0 Å². The molecule has 0 saturated heterocycles. The smallest absolute Gasteiger partial charge is 0.200 e. The van der Waals surface area contributed by atoms with E-state index in [1.165, 1.54) is 0 Å². The van der Waals surface area contributed by atoms with Crippen LogP contribution in [0.2, 0.25) is 0 Å². The first-order valence-corrected chi connectivity index (χ1v) is 8.90. The van der Waals surface area contributed by atoms with Gasteiger partial charge >= 0.3 is 0 Å². The summed E-state index contributed by atoms with van der Waals surface area (Å²) in [5.74, 6) is 1.47. The molecule has 2 rings (SSSR count). The Labute approximate surface area is 167 Å². The molecule has 2 aromatic carbocycles. The number of nitrogens with two attached hydrogens (primary N) is 1. The van der Waals surface area contributed by atoms with Crippen LogP contribution in [0.4, 0.5) is 11.4 Å². The third kappa shape index (κ3) is 4.54. The van der Waals surface area contributed by atoms with Gasteiger partial charge in [-0.25, -0.2) is 0 Å². The first-order chi connectivity index (χ1) is 12.8. The summed E-state index contributed by atoms with van der Waals surface area (Å²) >= 11 is 3.38. The topological polar surface area (TPSA) is 74.0 Å². The largest absolute Gasteiger partial charge is 0.496 e. The van der Waals surface area contributed by atoms with E-state index in [2.05, 4.69) is 15.9 Å². The zero-order valence-electron chi connectivity index (χ0n) is 16.0. The molecule has 0 aliphatic carbocycles. The van der Waals surface area contributed by atoms with Crippen molar-refractivity contribution in [2.45, 2.75) is 0 Å². The molecule has 7 heteroatoms. The van der Waals surface area contributed by atoms with E-state index in [0.29, 0.717) is 38.5 Å². The van der Waals surface area contributed by atoms with Crippen LogP contribution in [0, 0.1) is 0 Å². The van der Waals surface area contributed by atoms with Crippen LogP contribution >= 0.6 is 15.9 Å². The lowest BCUT2D eigenvalue weighted by molar-refractivity contribution is 0.104.